The molecule has 0 aliphatic heterocycles. The van der Waals surface area contributed by atoms with Crippen molar-refractivity contribution in [1.82, 2.24) is 4.98 Å². The highest BCUT2D eigenvalue weighted by Crippen LogP contribution is 2.31. The fourth-order valence-electron chi connectivity index (χ4n) is 1.88. The molecule has 0 fully saturated rings. The van der Waals surface area contributed by atoms with Crippen LogP contribution in [-0.2, 0) is 0 Å². The van der Waals surface area contributed by atoms with Crippen LogP contribution in [0.5, 0.6) is 0 Å². The lowest BCUT2D eigenvalue weighted by Crippen LogP contribution is -2.30. The van der Waals surface area contributed by atoms with Crippen LogP contribution in [0.3, 0.4) is 0 Å². The van der Waals surface area contributed by atoms with Crippen molar-refractivity contribution in [2.45, 2.75) is 33.6 Å². The maximum Gasteiger partial charge on any atom is 0.150 e. The quantitative estimate of drug-likeness (QED) is 0.662. The van der Waals surface area contributed by atoms with Gasteiger partial charge in [0.15, 0.2) is 0 Å². The molecule has 0 N–H and O–H groups in total. The smallest absolute Gasteiger partial charge is 0.150 e. The molecule has 5 heteroatoms. The zero-order valence-electron chi connectivity index (χ0n) is 11.0. The average Bonchev–Trinajstić information content (AvgIpc) is 2.36. The van der Waals surface area contributed by atoms with E-state index in [2.05, 4.69) is 30.7 Å². The van der Waals surface area contributed by atoms with Gasteiger partial charge in [0.05, 0.1) is 10.0 Å². The van der Waals surface area contributed by atoms with Gasteiger partial charge < -0.3 is 4.90 Å². The van der Waals surface area contributed by atoms with E-state index in [0.717, 1.165) is 31.7 Å². The monoisotopic (exact) mass is 308 g/mol. The first-order chi connectivity index (χ1) is 8.53. The normalized spacial score (nSPS) is 11.1. The lowest BCUT2D eigenvalue weighted by molar-refractivity contribution is 0.484. The van der Waals surface area contributed by atoms with Crippen LogP contribution in [0.25, 0.3) is 0 Å². The highest BCUT2D eigenvalue weighted by Gasteiger charge is 2.16. The Bertz CT molecular complexity index is 392. The van der Waals surface area contributed by atoms with Crippen molar-refractivity contribution in [3.05, 3.63) is 21.3 Å². The minimum Gasteiger partial charge on any atom is -0.355 e. The van der Waals surface area contributed by atoms with E-state index in [1.54, 1.807) is 6.07 Å². The zero-order chi connectivity index (χ0) is 13.7. The summed E-state index contributed by atoms with van der Waals surface area (Å²) in [5, 5.41) is 1.25. The molecule has 102 valence electrons. The number of halogens is 3. The molecule has 0 aliphatic carbocycles. The number of rotatable bonds is 6. The van der Waals surface area contributed by atoms with E-state index in [1.807, 2.05) is 0 Å². The van der Waals surface area contributed by atoms with Crippen LogP contribution in [0.4, 0.5) is 5.82 Å². The van der Waals surface area contributed by atoms with E-state index < -0.39 is 0 Å². The van der Waals surface area contributed by atoms with Crippen molar-refractivity contribution >= 4 is 40.6 Å². The summed E-state index contributed by atoms with van der Waals surface area (Å²) in [6.45, 7) is 8.27. The summed E-state index contributed by atoms with van der Waals surface area (Å²) in [6, 6.07) is 1.66. The van der Waals surface area contributed by atoms with Crippen LogP contribution >= 0.6 is 34.8 Å². The van der Waals surface area contributed by atoms with Crippen LogP contribution in [0.15, 0.2) is 6.07 Å². The largest absolute Gasteiger partial charge is 0.355 e. The molecule has 0 amide bonds. The van der Waals surface area contributed by atoms with Crippen LogP contribution < -0.4 is 4.90 Å². The third kappa shape index (κ3) is 3.91. The van der Waals surface area contributed by atoms with Crippen molar-refractivity contribution in [2.24, 2.45) is 5.92 Å². The van der Waals surface area contributed by atoms with Crippen molar-refractivity contribution < 1.29 is 0 Å². The van der Waals surface area contributed by atoms with E-state index >= 15 is 0 Å². The van der Waals surface area contributed by atoms with Gasteiger partial charge in [-0.25, -0.2) is 4.98 Å². The van der Waals surface area contributed by atoms with E-state index in [4.69, 9.17) is 34.8 Å². The van der Waals surface area contributed by atoms with E-state index in [0.29, 0.717) is 21.1 Å². The third-order valence-corrected chi connectivity index (χ3v) is 4.13. The predicted molar refractivity (Wildman–Crippen MR) is 81.2 cm³/mol. The van der Waals surface area contributed by atoms with Gasteiger partial charge in [-0.1, -0.05) is 61.5 Å². The third-order valence-electron chi connectivity index (χ3n) is 3.18. The Labute approximate surface area is 124 Å². The Balaban J connectivity index is 2.98. The van der Waals surface area contributed by atoms with Crippen molar-refractivity contribution in [3.8, 4) is 0 Å². The standard InChI is InChI=1S/C13H19Cl3N2/c1-4-9(5-2)8-18(6-3)13-11(15)7-10(14)12(16)17-13/h7,9H,4-6,8H2,1-3H3. The topological polar surface area (TPSA) is 16.1 Å². The second-order valence-electron chi connectivity index (χ2n) is 4.29. The molecule has 0 aromatic carbocycles. The Morgan fingerprint density at radius 1 is 1.11 bits per heavy atom. The number of nitrogens with zero attached hydrogens (tertiary/aromatic N) is 2. The number of aromatic nitrogens is 1. The van der Waals surface area contributed by atoms with E-state index in [9.17, 15) is 0 Å². The molecule has 0 atom stereocenters. The van der Waals surface area contributed by atoms with Gasteiger partial charge in [0.1, 0.15) is 11.0 Å². The van der Waals surface area contributed by atoms with Crippen LogP contribution in [0.2, 0.25) is 15.2 Å². The molecule has 0 aliphatic rings. The molecule has 1 rings (SSSR count). The molecule has 1 aromatic rings. The lowest BCUT2D eigenvalue weighted by atomic mass is 10.0. The second-order valence-corrected chi connectivity index (χ2v) is 5.46. The molecule has 0 unspecified atom stereocenters. The summed E-state index contributed by atoms with van der Waals surface area (Å²) in [5.74, 6) is 1.36. The molecular formula is C13H19Cl3N2. The molecule has 0 saturated carbocycles. The molecule has 18 heavy (non-hydrogen) atoms. The maximum absolute atomic E-state index is 6.20. The summed E-state index contributed by atoms with van der Waals surface area (Å²) in [7, 11) is 0. The van der Waals surface area contributed by atoms with Crippen molar-refractivity contribution in [2.75, 3.05) is 18.0 Å². The number of anilines is 1. The highest BCUT2D eigenvalue weighted by molar-refractivity contribution is 6.42. The minimum absolute atomic E-state index is 0.305. The van der Waals surface area contributed by atoms with Crippen molar-refractivity contribution in [3.63, 3.8) is 0 Å². The van der Waals surface area contributed by atoms with Gasteiger partial charge in [0.2, 0.25) is 0 Å². The van der Waals surface area contributed by atoms with Gasteiger partial charge in [0, 0.05) is 13.1 Å². The van der Waals surface area contributed by atoms with Gasteiger partial charge in [-0.2, -0.15) is 0 Å². The summed E-state index contributed by atoms with van der Waals surface area (Å²) >= 11 is 18.1. The molecule has 0 radical (unpaired) electrons. The fraction of sp³-hybridized carbons (Fsp3) is 0.615. The summed E-state index contributed by atoms with van der Waals surface area (Å²) < 4.78 is 0. The summed E-state index contributed by atoms with van der Waals surface area (Å²) in [5.41, 5.74) is 0. The van der Waals surface area contributed by atoms with Gasteiger partial charge >= 0.3 is 0 Å². The van der Waals surface area contributed by atoms with Gasteiger partial charge in [-0.15, -0.1) is 0 Å². The SMILES string of the molecule is CCC(CC)CN(CC)c1nc(Cl)c(Cl)cc1Cl. The van der Waals surface area contributed by atoms with Crippen LogP contribution in [-0.4, -0.2) is 18.1 Å². The molecule has 1 heterocycles. The van der Waals surface area contributed by atoms with Gasteiger partial charge in [-0.3, -0.25) is 0 Å². The predicted octanol–water partition coefficient (Wildman–Crippen LogP) is 5.30. The molecule has 0 spiro atoms. The van der Waals surface area contributed by atoms with E-state index in [1.165, 1.54) is 0 Å². The first-order valence-electron chi connectivity index (χ1n) is 6.29. The Morgan fingerprint density at radius 2 is 1.72 bits per heavy atom. The summed E-state index contributed by atoms with van der Waals surface area (Å²) in [4.78, 5) is 6.45. The molecule has 0 bridgehead atoms. The van der Waals surface area contributed by atoms with Crippen LogP contribution in [0.1, 0.15) is 33.6 Å². The first-order valence-corrected chi connectivity index (χ1v) is 7.43. The molecular weight excluding hydrogens is 291 g/mol. The number of pyridine rings is 1. The zero-order valence-corrected chi connectivity index (χ0v) is 13.3. The minimum atomic E-state index is 0.305. The summed E-state index contributed by atoms with van der Waals surface area (Å²) in [6.07, 6.45) is 2.29. The average molecular weight is 310 g/mol. The number of hydrogen-bond donors (Lipinski definition) is 0. The Kier molecular flexibility index (Phi) is 6.54. The lowest BCUT2D eigenvalue weighted by Gasteiger charge is -2.27. The van der Waals surface area contributed by atoms with Gasteiger partial charge in [0.25, 0.3) is 0 Å². The Morgan fingerprint density at radius 3 is 2.22 bits per heavy atom. The molecule has 0 saturated heterocycles. The van der Waals surface area contributed by atoms with Crippen molar-refractivity contribution in [1.29, 1.82) is 0 Å². The fourth-order valence-corrected chi connectivity index (χ4v) is 2.49. The maximum atomic E-state index is 6.20. The van der Waals surface area contributed by atoms with E-state index in [-0.39, 0.29) is 0 Å². The second kappa shape index (κ2) is 7.42. The number of hydrogen-bond acceptors (Lipinski definition) is 2. The molecule has 2 nitrogen and oxygen atoms in total. The first kappa shape index (κ1) is 15.9. The Hall–Kier alpha value is -0.180. The molecule has 1 aromatic heterocycles. The highest BCUT2D eigenvalue weighted by atomic mass is 35.5. The van der Waals surface area contributed by atoms with Crippen LogP contribution in [0, 0.1) is 5.92 Å². The van der Waals surface area contributed by atoms with Gasteiger partial charge in [-0.05, 0) is 18.9 Å².